The van der Waals surface area contributed by atoms with Gasteiger partial charge in [0, 0.05) is 24.9 Å². The fraction of sp³-hybridized carbons (Fsp3) is 0.789. The van der Waals surface area contributed by atoms with E-state index in [-0.39, 0.29) is 177 Å². The number of nitrogens with one attached hydrogen (secondary N) is 1. The van der Waals surface area contributed by atoms with Gasteiger partial charge in [0.2, 0.25) is 20.8 Å². The van der Waals surface area contributed by atoms with Crippen molar-refractivity contribution < 1.29 is 274 Å². The summed E-state index contributed by atoms with van der Waals surface area (Å²) in [4.78, 5) is 0. The fourth-order valence-electron chi connectivity index (χ4n) is 3.57. The standard InChI is InChI=1S/C19H30NO13S.6Na.2H2O4S/c1-2-28-14-6-10(22)13(8-30-14)32-19-16(20)17(24)18(12(31-19)3-4-34(25,26)27)33-15-5-9(21)11(23)7-29-15;;;;;;;2*1-5(2,3)4/h5-24H,2-4H2,1H3,(H,25,26,27);;;;;;;2*(H2,1,2,3,4)/q-5;6*+1;;/p-3/t9-,10-,11+,12?,13+,14+,15-,16?,17+,18+,19-;;;;;;;;/m0......../s1. The molecule has 0 saturated carbocycles. The maximum Gasteiger partial charge on any atom is 1.00 e. The monoisotopic (exact) mass is 843 g/mol. The zero-order chi connectivity index (χ0) is 34.0. The molecule has 7 N–H and O–H groups in total. The van der Waals surface area contributed by atoms with Crippen LogP contribution in [0.1, 0.15) is 13.3 Å². The minimum atomic E-state index is -4.92. The summed E-state index contributed by atoms with van der Waals surface area (Å²) in [5.74, 6) is -0.854. The van der Waals surface area contributed by atoms with Crippen LogP contribution in [0.15, 0.2) is 0 Å². The van der Waals surface area contributed by atoms with E-state index >= 15 is 0 Å². The molecule has 0 amide bonds. The topological polar surface area (TPSA) is 372 Å². The summed E-state index contributed by atoms with van der Waals surface area (Å²) in [5.41, 5.74) is 8.31. The van der Waals surface area contributed by atoms with Gasteiger partial charge in [-0.25, -0.2) is 38.1 Å². The van der Waals surface area contributed by atoms with Crippen LogP contribution >= 0.6 is 0 Å². The summed E-state index contributed by atoms with van der Waals surface area (Å²) in [6.07, 6.45) is -10.6. The summed E-state index contributed by atoms with van der Waals surface area (Å²) in [7, 11) is -14.5. The molecule has 3 rings (SSSR count). The summed E-state index contributed by atoms with van der Waals surface area (Å²) in [6.45, 7) is 4.15. The van der Waals surface area contributed by atoms with E-state index in [4.69, 9.17) is 69.2 Å². The molecule has 3 aliphatic heterocycles. The smallest absolute Gasteiger partial charge is 0.748 e. The van der Waals surface area contributed by atoms with Gasteiger partial charge in [0.05, 0.1) is 22.3 Å². The summed E-state index contributed by atoms with van der Waals surface area (Å²) >= 11 is 0. The van der Waals surface area contributed by atoms with Crippen LogP contribution < -0.4 is 177 Å². The van der Waals surface area contributed by atoms with Crippen LogP contribution in [0, 0.1) is 26.1 Å². The Bertz CT molecular complexity index is 1150. The van der Waals surface area contributed by atoms with Gasteiger partial charge in [0.1, 0.15) is 12.4 Å². The summed E-state index contributed by atoms with van der Waals surface area (Å²) in [6, 6.07) is -1.49. The summed E-state index contributed by atoms with van der Waals surface area (Å²) < 4.78 is 132. The number of ether oxygens (including phenoxy) is 6. The first-order valence-corrected chi connectivity index (χ1v) is 16.3. The molecule has 31 heteroatoms. The number of hydrogen-bond acceptors (Lipinski definition) is 19. The van der Waals surface area contributed by atoms with Crippen molar-refractivity contribution in [3.05, 3.63) is 31.8 Å². The summed E-state index contributed by atoms with van der Waals surface area (Å²) in [5, 5.41) is 40.3. The van der Waals surface area contributed by atoms with Crippen molar-refractivity contribution in [2.24, 2.45) is 0 Å². The van der Waals surface area contributed by atoms with Gasteiger partial charge in [-0.3, -0.25) is 9.11 Å². The Hall–Kier alpha value is 5.21. The molecule has 11 atom stereocenters. The van der Waals surface area contributed by atoms with Gasteiger partial charge in [-0.05, 0) is 25.6 Å². The van der Waals surface area contributed by atoms with Crippen LogP contribution in [0.2, 0.25) is 0 Å². The Labute approximate surface area is 423 Å². The molecule has 3 fully saturated rings. The molecular weight excluding hydrogens is 812 g/mol. The number of rotatable bonds is 9. The number of aliphatic hydroxyl groups excluding tert-OH is 4. The van der Waals surface area contributed by atoms with Crippen molar-refractivity contribution >= 4 is 30.9 Å². The first-order chi connectivity index (χ1) is 20.0. The Morgan fingerprint density at radius 3 is 1.62 bits per heavy atom. The third-order valence-corrected chi connectivity index (χ3v) is 6.07. The van der Waals surface area contributed by atoms with Crippen molar-refractivity contribution in [3.63, 3.8) is 0 Å². The van der Waals surface area contributed by atoms with Crippen LogP contribution in [0.25, 0.3) is 5.73 Å². The maximum atomic E-state index is 11.2. The molecule has 2 unspecified atom stereocenters. The van der Waals surface area contributed by atoms with E-state index in [1.165, 1.54) is 6.42 Å². The molecule has 264 valence electrons. The number of hydrogen-bond donors (Lipinski definition) is 6. The number of aliphatic hydroxyl groups is 4. The van der Waals surface area contributed by atoms with Crippen LogP contribution in [-0.2, 0) is 59.3 Å². The van der Waals surface area contributed by atoms with E-state index in [0.717, 1.165) is 19.6 Å². The Balaban J connectivity index is -0.000000267. The molecule has 0 aromatic carbocycles. The predicted octanol–water partition coefficient (Wildman–Crippen LogP) is -22.2. The van der Waals surface area contributed by atoms with Crippen LogP contribution in [0.3, 0.4) is 0 Å². The second-order valence-electron chi connectivity index (χ2n) is 8.76. The molecule has 22 nitrogen and oxygen atoms in total. The van der Waals surface area contributed by atoms with Gasteiger partial charge in [-0.15, -0.1) is 0 Å². The van der Waals surface area contributed by atoms with Crippen molar-refractivity contribution in [3.8, 4) is 0 Å². The average Bonchev–Trinajstić information content (AvgIpc) is 2.84. The van der Waals surface area contributed by atoms with Crippen molar-refractivity contribution in [1.29, 1.82) is 0 Å². The molecule has 0 aromatic heterocycles. The van der Waals surface area contributed by atoms with Gasteiger partial charge in [0.25, 0.3) is 0 Å². The molecule has 50 heavy (non-hydrogen) atoms. The zero-order valence-electron chi connectivity index (χ0n) is 28.3. The molecule has 0 bridgehead atoms. The second kappa shape index (κ2) is 32.0. The van der Waals surface area contributed by atoms with Crippen LogP contribution in [0.5, 0.6) is 0 Å². The van der Waals surface area contributed by atoms with E-state index in [1.807, 2.05) is 0 Å². The van der Waals surface area contributed by atoms with E-state index in [2.05, 4.69) is 0 Å². The van der Waals surface area contributed by atoms with Crippen LogP contribution in [0.4, 0.5) is 0 Å². The molecule has 3 heterocycles. The van der Waals surface area contributed by atoms with Gasteiger partial charge in [0.15, 0.2) is 0 Å². The van der Waals surface area contributed by atoms with Crippen LogP contribution in [-0.4, -0.2) is 148 Å². The van der Waals surface area contributed by atoms with Gasteiger partial charge in [-0.2, -0.15) is 13.2 Å². The van der Waals surface area contributed by atoms with Gasteiger partial charge >= 0.3 is 177 Å². The third-order valence-electron chi connectivity index (χ3n) is 5.33. The average molecular weight is 844 g/mol. The maximum absolute atomic E-state index is 11.2. The zero-order valence-corrected chi connectivity index (χ0v) is 42.8. The minimum Gasteiger partial charge on any atom is -0.748 e. The third kappa shape index (κ3) is 31.2. The molecule has 0 aromatic rings. The van der Waals surface area contributed by atoms with Crippen molar-refractivity contribution in [2.45, 2.75) is 81.0 Å². The molecular formula is C19H31NNa6O21S3-2. The molecule has 3 aliphatic rings. The molecule has 0 aliphatic carbocycles. The van der Waals surface area contributed by atoms with E-state index < -0.39 is 111 Å². The van der Waals surface area contributed by atoms with Gasteiger partial charge in [-0.1, -0.05) is 18.2 Å². The minimum absolute atomic E-state index is 0. The Morgan fingerprint density at radius 2 is 1.20 bits per heavy atom. The van der Waals surface area contributed by atoms with Gasteiger partial charge < -0.3 is 68.2 Å². The predicted molar refractivity (Wildman–Crippen MR) is 133 cm³/mol. The van der Waals surface area contributed by atoms with Crippen molar-refractivity contribution in [1.82, 2.24) is 0 Å². The van der Waals surface area contributed by atoms with Crippen molar-refractivity contribution in [2.75, 3.05) is 12.4 Å². The molecule has 3 saturated heterocycles. The van der Waals surface area contributed by atoms with E-state index in [0.29, 0.717) is 6.61 Å². The van der Waals surface area contributed by atoms with E-state index in [9.17, 15) is 33.4 Å². The largest absolute Gasteiger partial charge is 1.00 e. The first-order valence-electron chi connectivity index (χ1n) is 12.0. The SMILES string of the molecule is CCO[C@H]1[CH-][C@H](O)[C@H](O[C@@H]2OC(CCS(=O)(=O)[O-])[C@@H](O[C@H]3[CH-][C@H](O)[C@H](O)[CH-]O3)[C@H](O)C2[NH-])[CH-]O1.O=S(=O)([O-])O.O=S(=O)([O-])O.[Na+].[Na+].[Na+].[Na+].[Na+].[Na+]. The molecule has 0 radical (unpaired) electrons. The quantitative estimate of drug-likeness (QED) is 0.0543. The van der Waals surface area contributed by atoms with E-state index in [1.54, 1.807) is 6.92 Å². The molecule has 0 spiro atoms. The second-order valence-corrected chi connectivity index (χ2v) is 12.0. The first kappa shape index (κ1) is 67.0. The Kier molecular flexibility index (Phi) is 42.9. The Morgan fingerprint density at radius 1 is 0.740 bits per heavy atom. The fourth-order valence-corrected chi connectivity index (χ4v) is 4.09. The normalized spacial score (nSPS) is 32.3.